The number of benzene rings is 2. The Bertz CT molecular complexity index is 955. The van der Waals surface area contributed by atoms with Crippen molar-refractivity contribution in [1.29, 1.82) is 0 Å². The number of Topliss-reactive ketones (excluding diaryl/α,β-unsaturated/α-hetero) is 1. The predicted octanol–water partition coefficient (Wildman–Crippen LogP) is 3.82. The van der Waals surface area contributed by atoms with Crippen LogP contribution >= 0.6 is 11.6 Å². The highest BCUT2D eigenvalue weighted by molar-refractivity contribution is 6.34. The van der Waals surface area contributed by atoms with E-state index in [4.69, 9.17) is 11.6 Å². The average molecular weight is 413 g/mol. The lowest BCUT2D eigenvalue weighted by Gasteiger charge is -2.38. The summed E-state index contributed by atoms with van der Waals surface area (Å²) in [4.78, 5) is 51.5. The monoisotopic (exact) mass is 412 g/mol. The fourth-order valence-corrected chi connectivity index (χ4v) is 3.47. The number of amides is 3. The second-order valence-electron chi connectivity index (χ2n) is 6.99. The minimum absolute atomic E-state index is 0.115. The van der Waals surface area contributed by atoms with Gasteiger partial charge >= 0.3 is 0 Å². The quantitative estimate of drug-likeness (QED) is 0.552. The summed E-state index contributed by atoms with van der Waals surface area (Å²) in [5, 5.41) is 1.94. The van der Waals surface area contributed by atoms with E-state index < -0.39 is 23.8 Å². The third kappa shape index (κ3) is 4.22. The molecule has 7 heteroatoms. The van der Waals surface area contributed by atoms with E-state index in [1.165, 1.54) is 13.0 Å². The van der Waals surface area contributed by atoms with Crippen LogP contribution < -0.4 is 0 Å². The summed E-state index contributed by atoms with van der Waals surface area (Å²) in [5.74, 6) is -2.07. The van der Waals surface area contributed by atoms with Crippen molar-refractivity contribution < 1.29 is 19.2 Å². The Balaban J connectivity index is 2.04. The molecule has 0 radical (unpaired) electrons. The van der Waals surface area contributed by atoms with Crippen LogP contribution in [0.2, 0.25) is 5.02 Å². The zero-order chi connectivity index (χ0) is 21.1. The molecule has 2 aromatic carbocycles. The number of halogens is 1. The molecular weight excluding hydrogens is 392 g/mol. The van der Waals surface area contributed by atoms with Gasteiger partial charge in [-0.3, -0.25) is 19.2 Å². The van der Waals surface area contributed by atoms with Crippen LogP contribution in [-0.2, 0) is 9.59 Å². The highest BCUT2D eigenvalue weighted by Gasteiger charge is 2.40. The maximum atomic E-state index is 13.3. The van der Waals surface area contributed by atoms with Crippen molar-refractivity contribution in [2.24, 2.45) is 0 Å². The Morgan fingerprint density at radius 1 is 1.00 bits per heavy atom. The Kier molecular flexibility index (Phi) is 6.13. The first-order valence-electron chi connectivity index (χ1n) is 9.36. The molecule has 3 rings (SSSR count). The standard InChI is InChI=1S/C22H21ClN2O4/c1-14-10-12-16(13-11-14)21(28)15(2)24(25-19(26)8-5-9-20(25)27)22(29)17-6-3-4-7-18(17)23/h3-4,6-7,10-13,15H,5,8-9H2,1-2H3/t15-/m1/s1. The molecule has 1 aliphatic rings. The molecule has 1 heterocycles. The molecule has 0 N–H and O–H groups in total. The van der Waals surface area contributed by atoms with Gasteiger partial charge in [0.05, 0.1) is 10.6 Å². The van der Waals surface area contributed by atoms with Gasteiger partial charge in [0, 0.05) is 18.4 Å². The van der Waals surface area contributed by atoms with Crippen molar-refractivity contribution in [2.75, 3.05) is 0 Å². The summed E-state index contributed by atoms with van der Waals surface area (Å²) < 4.78 is 0. The van der Waals surface area contributed by atoms with Crippen LogP contribution in [-0.4, -0.2) is 39.6 Å². The number of nitrogens with zero attached hydrogens (tertiary/aromatic N) is 2. The maximum absolute atomic E-state index is 13.3. The first-order valence-corrected chi connectivity index (χ1v) is 9.73. The van der Waals surface area contributed by atoms with Gasteiger partial charge in [-0.15, -0.1) is 0 Å². The molecule has 1 saturated heterocycles. The van der Waals surface area contributed by atoms with Gasteiger partial charge in [0.2, 0.25) is 11.8 Å². The number of hydrogen-bond acceptors (Lipinski definition) is 4. The Morgan fingerprint density at radius 3 is 2.17 bits per heavy atom. The van der Waals surface area contributed by atoms with Crippen LogP contribution in [0, 0.1) is 6.92 Å². The van der Waals surface area contributed by atoms with Crippen molar-refractivity contribution in [3.63, 3.8) is 0 Å². The molecule has 3 amide bonds. The van der Waals surface area contributed by atoms with Crippen LogP contribution in [0.25, 0.3) is 0 Å². The predicted molar refractivity (Wildman–Crippen MR) is 108 cm³/mol. The molecule has 2 aromatic rings. The fraction of sp³-hybridized carbons (Fsp3) is 0.273. The van der Waals surface area contributed by atoms with Gasteiger partial charge in [0.15, 0.2) is 5.78 Å². The van der Waals surface area contributed by atoms with E-state index in [0.717, 1.165) is 15.6 Å². The molecule has 0 aliphatic carbocycles. The molecule has 0 saturated carbocycles. The molecule has 1 fully saturated rings. The Hall–Kier alpha value is -2.99. The number of hydrogen-bond donors (Lipinski definition) is 0. The Morgan fingerprint density at radius 2 is 1.59 bits per heavy atom. The topological polar surface area (TPSA) is 74.8 Å². The molecule has 1 aliphatic heterocycles. The van der Waals surface area contributed by atoms with Crippen LogP contribution in [0.1, 0.15) is 52.5 Å². The van der Waals surface area contributed by atoms with E-state index in [-0.39, 0.29) is 29.2 Å². The molecular formula is C22H21ClN2O4. The van der Waals surface area contributed by atoms with Gasteiger partial charge in [-0.05, 0) is 32.4 Å². The molecule has 0 unspecified atom stereocenters. The largest absolute Gasteiger partial charge is 0.292 e. The van der Waals surface area contributed by atoms with Crippen molar-refractivity contribution in [1.82, 2.24) is 10.0 Å². The van der Waals surface area contributed by atoms with Gasteiger partial charge in [0.1, 0.15) is 6.04 Å². The number of hydrazine groups is 1. The van der Waals surface area contributed by atoms with Gasteiger partial charge in [-0.1, -0.05) is 53.6 Å². The normalized spacial score (nSPS) is 15.2. The minimum atomic E-state index is -1.08. The third-order valence-electron chi connectivity index (χ3n) is 4.86. The summed E-state index contributed by atoms with van der Waals surface area (Å²) in [7, 11) is 0. The van der Waals surface area contributed by atoms with Gasteiger partial charge < -0.3 is 0 Å². The molecule has 6 nitrogen and oxygen atoms in total. The SMILES string of the molecule is Cc1ccc(C(=O)[C@@H](C)N(C(=O)c2ccccc2Cl)N2C(=O)CCCC2=O)cc1. The lowest BCUT2D eigenvalue weighted by Crippen LogP contribution is -2.59. The number of carbonyl (C=O) groups is 4. The summed E-state index contributed by atoms with van der Waals surface area (Å²) in [6, 6.07) is 12.2. The summed E-state index contributed by atoms with van der Waals surface area (Å²) in [6.07, 6.45) is 0.676. The number of carbonyl (C=O) groups excluding carboxylic acids is 4. The first kappa shape index (κ1) is 20.7. The lowest BCUT2D eigenvalue weighted by molar-refractivity contribution is -0.165. The van der Waals surface area contributed by atoms with E-state index in [1.807, 2.05) is 6.92 Å². The maximum Gasteiger partial charge on any atom is 0.275 e. The second kappa shape index (κ2) is 8.57. The molecule has 29 heavy (non-hydrogen) atoms. The number of rotatable bonds is 5. The molecule has 150 valence electrons. The number of imide groups is 1. The molecule has 0 aromatic heterocycles. The van der Waals surface area contributed by atoms with E-state index >= 15 is 0 Å². The number of ketones is 1. The third-order valence-corrected chi connectivity index (χ3v) is 5.19. The second-order valence-corrected chi connectivity index (χ2v) is 7.40. The lowest BCUT2D eigenvalue weighted by atomic mass is 10.0. The van der Waals surface area contributed by atoms with Crippen molar-refractivity contribution >= 4 is 35.1 Å². The van der Waals surface area contributed by atoms with Crippen LogP contribution in [0.3, 0.4) is 0 Å². The highest BCUT2D eigenvalue weighted by Crippen LogP contribution is 2.24. The minimum Gasteiger partial charge on any atom is -0.292 e. The fourth-order valence-electron chi connectivity index (χ4n) is 3.25. The summed E-state index contributed by atoms with van der Waals surface area (Å²) in [6.45, 7) is 3.40. The van der Waals surface area contributed by atoms with Gasteiger partial charge in [0.25, 0.3) is 5.91 Å². The van der Waals surface area contributed by atoms with Crippen LogP contribution in [0.15, 0.2) is 48.5 Å². The first-order chi connectivity index (χ1) is 13.8. The van der Waals surface area contributed by atoms with Crippen LogP contribution in [0.5, 0.6) is 0 Å². The van der Waals surface area contributed by atoms with E-state index in [2.05, 4.69) is 0 Å². The Labute approximate surface area is 174 Å². The van der Waals surface area contributed by atoms with Crippen LogP contribution in [0.4, 0.5) is 0 Å². The number of piperidine rings is 1. The van der Waals surface area contributed by atoms with E-state index in [1.54, 1.807) is 42.5 Å². The van der Waals surface area contributed by atoms with Gasteiger partial charge in [-0.25, -0.2) is 5.01 Å². The zero-order valence-electron chi connectivity index (χ0n) is 16.2. The van der Waals surface area contributed by atoms with Crippen molar-refractivity contribution in [3.8, 4) is 0 Å². The summed E-state index contributed by atoms with van der Waals surface area (Å²) >= 11 is 6.17. The zero-order valence-corrected chi connectivity index (χ0v) is 17.0. The number of aryl methyl sites for hydroxylation is 1. The summed E-state index contributed by atoms with van der Waals surface area (Å²) in [5.41, 5.74) is 1.49. The van der Waals surface area contributed by atoms with Crippen molar-refractivity contribution in [3.05, 3.63) is 70.2 Å². The van der Waals surface area contributed by atoms with Gasteiger partial charge in [-0.2, -0.15) is 5.01 Å². The highest BCUT2D eigenvalue weighted by atomic mass is 35.5. The molecule has 0 bridgehead atoms. The van der Waals surface area contributed by atoms with E-state index in [9.17, 15) is 19.2 Å². The average Bonchev–Trinajstić information content (AvgIpc) is 2.70. The van der Waals surface area contributed by atoms with Crippen molar-refractivity contribution in [2.45, 2.75) is 39.2 Å². The smallest absolute Gasteiger partial charge is 0.275 e. The molecule has 1 atom stereocenters. The molecule has 0 spiro atoms. The van der Waals surface area contributed by atoms with E-state index in [0.29, 0.717) is 12.0 Å².